The quantitative estimate of drug-likeness (QED) is 0.776. The molecule has 0 aromatic heterocycles. The summed E-state index contributed by atoms with van der Waals surface area (Å²) in [7, 11) is 0. The van der Waals surface area contributed by atoms with Crippen LogP contribution in [0, 0.1) is 5.82 Å². The largest absolute Gasteiger partial charge is 0.506 e. The SMILES string of the molecule is CC[C@@H](N)c1ccc(F)c(Cl)c1O. The minimum Gasteiger partial charge on any atom is -0.506 e. The Kier molecular flexibility index (Phi) is 3.12. The molecule has 3 N–H and O–H groups in total. The maximum atomic E-state index is 12.8. The van der Waals surface area contributed by atoms with Crippen molar-refractivity contribution in [2.24, 2.45) is 5.73 Å². The molecular formula is C9H11ClFNO. The number of rotatable bonds is 2. The van der Waals surface area contributed by atoms with Gasteiger partial charge in [0, 0.05) is 11.6 Å². The van der Waals surface area contributed by atoms with E-state index in [1.165, 1.54) is 12.1 Å². The Morgan fingerprint density at radius 3 is 2.77 bits per heavy atom. The van der Waals surface area contributed by atoms with Gasteiger partial charge in [0.25, 0.3) is 0 Å². The summed E-state index contributed by atoms with van der Waals surface area (Å²) >= 11 is 5.50. The summed E-state index contributed by atoms with van der Waals surface area (Å²) in [5.41, 5.74) is 6.15. The van der Waals surface area contributed by atoms with Crippen LogP contribution in [0.15, 0.2) is 12.1 Å². The first kappa shape index (κ1) is 10.3. The van der Waals surface area contributed by atoms with Gasteiger partial charge >= 0.3 is 0 Å². The molecule has 13 heavy (non-hydrogen) atoms. The number of benzene rings is 1. The molecule has 0 aliphatic heterocycles. The lowest BCUT2D eigenvalue weighted by atomic mass is 10.0. The number of halogens is 2. The molecule has 4 heteroatoms. The smallest absolute Gasteiger partial charge is 0.145 e. The lowest BCUT2D eigenvalue weighted by Gasteiger charge is -2.12. The number of phenolic OH excluding ortho intramolecular Hbond substituents is 1. The second-order valence-corrected chi connectivity index (χ2v) is 3.19. The van der Waals surface area contributed by atoms with Crippen LogP contribution in [-0.4, -0.2) is 5.11 Å². The Bertz CT molecular complexity index is 317. The second-order valence-electron chi connectivity index (χ2n) is 2.81. The standard InChI is InChI=1S/C9H11ClFNO/c1-2-7(12)5-3-4-6(11)8(10)9(5)13/h3-4,7,13H,2,12H2,1H3/t7-/m1/s1. The number of hydrogen-bond donors (Lipinski definition) is 2. The van der Waals surface area contributed by atoms with Crippen molar-refractivity contribution in [1.82, 2.24) is 0 Å². The van der Waals surface area contributed by atoms with Crippen molar-refractivity contribution in [3.63, 3.8) is 0 Å². The van der Waals surface area contributed by atoms with Crippen LogP contribution in [0.4, 0.5) is 4.39 Å². The average Bonchev–Trinajstić information content (AvgIpc) is 2.13. The molecule has 0 unspecified atom stereocenters. The minimum atomic E-state index is -0.633. The summed E-state index contributed by atoms with van der Waals surface area (Å²) in [5, 5.41) is 9.17. The third-order valence-electron chi connectivity index (χ3n) is 1.94. The first-order valence-corrected chi connectivity index (χ1v) is 4.38. The van der Waals surface area contributed by atoms with E-state index in [0.717, 1.165) is 0 Å². The van der Waals surface area contributed by atoms with Crippen LogP contribution in [0.5, 0.6) is 5.75 Å². The highest BCUT2D eigenvalue weighted by atomic mass is 35.5. The van der Waals surface area contributed by atoms with Gasteiger partial charge in [-0.15, -0.1) is 0 Å². The monoisotopic (exact) mass is 203 g/mol. The van der Waals surface area contributed by atoms with E-state index in [2.05, 4.69) is 0 Å². The topological polar surface area (TPSA) is 46.2 Å². The van der Waals surface area contributed by atoms with Gasteiger partial charge in [0.05, 0.1) is 0 Å². The number of hydrogen-bond acceptors (Lipinski definition) is 2. The van der Waals surface area contributed by atoms with Crippen molar-refractivity contribution in [1.29, 1.82) is 0 Å². The molecule has 72 valence electrons. The lowest BCUT2D eigenvalue weighted by Crippen LogP contribution is -2.09. The van der Waals surface area contributed by atoms with Gasteiger partial charge < -0.3 is 10.8 Å². The zero-order valence-corrected chi connectivity index (χ0v) is 7.98. The maximum absolute atomic E-state index is 12.8. The molecule has 0 radical (unpaired) electrons. The van der Waals surface area contributed by atoms with E-state index in [9.17, 15) is 9.50 Å². The van der Waals surface area contributed by atoms with E-state index >= 15 is 0 Å². The maximum Gasteiger partial charge on any atom is 0.145 e. The molecule has 0 aliphatic rings. The summed E-state index contributed by atoms with van der Waals surface area (Å²) < 4.78 is 12.8. The van der Waals surface area contributed by atoms with Crippen LogP contribution in [0.1, 0.15) is 24.9 Å². The Morgan fingerprint density at radius 1 is 1.62 bits per heavy atom. The first-order valence-electron chi connectivity index (χ1n) is 4.00. The summed E-state index contributed by atoms with van der Waals surface area (Å²) in [5.74, 6) is -0.887. The molecule has 2 nitrogen and oxygen atoms in total. The fraction of sp³-hybridized carbons (Fsp3) is 0.333. The van der Waals surface area contributed by atoms with Crippen molar-refractivity contribution < 1.29 is 9.50 Å². The molecule has 1 atom stereocenters. The predicted molar refractivity (Wildman–Crippen MR) is 50.3 cm³/mol. The van der Waals surface area contributed by atoms with E-state index in [1.807, 2.05) is 6.92 Å². The molecule has 1 rings (SSSR count). The molecule has 0 aliphatic carbocycles. The zero-order chi connectivity index (χ0) is 10.0. The van der Waals surface area contributed by atoms with Crippen LogP contribution in [0.25, 0.3) is 0 Å². The molecule has 0 heterocycles. The average molecular weight is 204 g/mol. The number of phenols is 1. The van der Waals surface area contributed by atoms with Gasteiger partial charge in [-0.25, -0.2) is 4.39 Å². The Balaban J connectivity index is 3.18. The molecule has 0 fully saturated rings. The summed E-state index contributed by atoms with van der Waals surface area (Å²) in [6.07, 6.45) is 0.662. The Morgan fingerprint density at radius 2 is 2.23 bits per heavy atom. The van der Waals surface area contributed by atoms with Crippen molar-refractivity contribution in [3.05, 3.63) is 28.5 Å². The van der Waals surface area contributed by atoms with Gasteiger partial charge in [0.1, 0.15) is 16.6 Å². The lowest BCUT2D eigenvalue weighted by molar-refractivity contribution is 0.454. The normalized spacial score (nSPS) is 12.9. The van der Waals surface area contributed by atoms with Gasteiger partial charge in [0.15, 0.2) is 0 Å². The van der Waals surface area contributed by atoms with Gasteiger partial charge in [0.2, 0.25) is 0 Å². The van der Waals surface area contributed by atoms with Crippen LogP contribution < -0.4 is 5.73 Å². The van der Waals surface area contributed by atoms with Crippen LogP contribution >= 0.6 is 11.6 Å². The molecule has 0 saturated heterocycles. The van der Waals surface area contributed by atoms with Crippen molar-refractivity contribution in [2.75, 3.05) is 0 Å². The molecule has 0 spiro atoms. The van der Waals surface area contributed by atoms with Gasteiger partial charge in [-0.1, -0.05) is 24.6 Å². The second kappa shape index (κ2) is 3.94. The highest BCUT2D eigenvalue weighted by molar-refractivity contribution is 6.32. The summed E-state index contributed by atoms with van der Waals surface area (Å²) in [4.78, 5) is 0. The van der Waals surface area contributed by atoms with Gasteiger partial charge in [-0.05, 0) is 12.5 Å². The molecular weight excluding hydrogens is 193 g/mol. The van der Waals surface area contributed by atoms with Crippen molar-refractivity contribution in [2.45, 2.75) is 19.4 Å². The highest BCUT2D eigenvalue weighted by Gasteiger charge is 2.14. The van der Waals surface area contributed by atoms with Crippen LogP contribution in [0.2, 0.25) is 5.02 Å². The Labute approximate surface area is 81.1 Å². The minimum absolute atomic E-state index is 0.254. The zero-order valence-electron chi connectivity index (χ0n) is 7.22. The van der Waals surface area contributed by atoms with Crippen molar-refractivity contribution >= 4 is 11.6 Å². The fourth-order valence-corrected chi connectivity index (χ4v) is 1.25. The number of aromatic hydroxyl groups is 1. The third-order valence-corrected chi connectivity index (χ3v) is 2.30. The Hall–Kier alpha value is -0.800. The van der Waals surface area contributed by atoms with E-state index in [-0.39, 0.29) is 16.8 Å². The van der Waals surface area contributed by atoms with Crippen molar-refractivity contribution in [3.8, 4) is 5.75 Å². The van der Waals surface area contributed by atoms with E-state index in [0.29, 0.717) is 12.0 Å². The van der Waals surface area contributed by atoms with E-state index in [1.54, 1.807) is 0 Å². The molecule has 1 aromatic rings. The highest BCUT2D eigenvalue weighted by Crippen LogP contribution is 2.33. The molecule has 0 bridgehead atoms. The molecule has 0 amide bonds. The predicted octanol–water partition coefficient (Wildman–Crippen LogP) is 2.59. The van der Waals surface area contributed by atoms with Gasteiger partial charge in [-0.3, -0.25) is 0 Å². The van der Waals surface area contributed by atoms with Gasteiger partial charge in [-0.2, -0.15) is 0 Å². The summed E-state index contributed by atoms with van der Waals surface area (Å²) in [6, 6.07) is 2.34. The molecule has 1 aromatic carbocycles. The first-order chi connectivity index (χ1) is 6.07. The van der Waals surface area contributed by atoms with Crippen LogP contribution in [0.3, 0.4) is 0 Å². The summed E-state index contributed by atoms with van der Waals surface area (Å²) in [6.45, 7) is 1.88. The van der Waals surface area contributed by atoms with Crippen LogP contribution in [-0.2, 0) is 0 Å². The fourth-order valence-electron chi connectivity index (χ4n) is 1.07. The number of nitrogens with two attached hydrogens (primary N) is 1. The third kappa shape index (κ3) is 1.92. The van der Waals surface area contributed by atoms with E-state index < -0.39 is 5.82 Å². The van der Waals surface area contributed by atoms with E-state index in [4.69, 9.17) is 17.3 Å². The molecule has 0 saturated carbocycles.